The van der Waals surface area contributed by atoms with Crippen molar-refractivity contribution in [2.24, 2.45) is 0 Å². The van der Waals surface area contributed by atoms with Crippen molar-refractivity contribution in [3.63, 3.8) is 0 Å². The van der Waals surface area contributed by atoms with E-state index in [0.29, 0.717) is 0 Å². The Balaban J connectivity index is 2.39. The Morgan fingerprint density at radius 1 is 1.55 bits per heavy atom. The summed E-state index contributed by atoms with van der Waals surface area (Å²) in [5, 5.41) is 10.5. The minimum atomic E-state index is 0.836. The monoisotopic (exact) mass is 149 g/mol. The summed E-state index contributed by atoms with van der Waals surface area (Å²) in [5.74, 6) is 0. The molecule has 0 fully saturated rings. The molecule has 1 N–H and O–H groups in total. The molecule has 0 aromatic carbocycles. The molecule has 0 aliphatic rings. The summed E-state index contributed by atoms with van der Waals surface area (Å²) < 4.78 is 0. The van der Waals surface area contributed by atoms with E-state index in [1.165, 1.54) is 0 Å². The zero-order valence-corrected chi connectivity index (χ0v) is 6.49. The van der Waals surface area contributed by atoms with Gasteiger partial charge >= 0.3 is 0 Å². The van der Waals surface area contributed by atoms with Crippen LogP contribution in [0.3, 0.4) is 0 Å². The van der Waals surface area contributed by atoms with Crippen LogP contribution in [0.1, 0.15) is 6.92 Å². The van der Waals surface area contributed by atoms with Crippen molar-refractivity contribution in [3.05, 3.63) is 30.6 Å². The van der Waals surface area contributed by atoms with Crippen molar-refractivity contribution in [1.29, 1.82) is 0 Å². The van der Waals surface area contributed by atoms with Gasteiger partial charge in [0.25, 0.3) is 0 Å². The summed E-state index contributed by atoms with van der Waals surface area (Å²) in [4.78, 5) is 0. The second-order valence-corrected chi connectivity index (χ2v) is 2.08. The van der Waals surface area contributed by atoms with E-state index >= 15 is 0 Å². The van der Waals surface area contributed by atoms with Gasteiger partial charge in [-0.05, 0) is 13.0 Å². The van der Waals surface area contributed by atoms with Gasteiger partial charge in [-0.1, -0.05) is 12.2 Å². The fourth-order valence-electron chi connectivity index (χ4n) is 0.690. The van der Waals surface area contributed by atoms with Crippen molar-refractivity contribution in [1.82, 2.24) is 10.2 Å². The van der Waals surface area contributed by atoms with Gasteiger partial charge in [0.05, 0.1) is 18.1 Å². The largest absolute Gasteiger partial charge is 0.380 e. The maximum absolute atomic E-state index is 3.73. The van der Waals surface area contributed by atoms with Crippen molar-refractivity contribution in [3.8, 4) is 0 Å². The third kappa shape index (κ3) is 2.80. The van der Waals surface area contributed by atoms with Crippen LogP contribution in [-0.4, -0.2) is 16.7 Å². The number of anilines is 1. The normalized spacial score (nSPS) is 10.3. The first-order chi connectivity index (χ1) is 5.43. The van der Waals surface area contributed by atoms with E-state index in [2.05, 4.69) is 15.5 Å². The Labute approximate surface area is 66.2 Å². The van der Waals surface area contributed by atoms with E-state index in [1.807, 2.05) is 25.1 Å². The second-order valence-electron chi connectivity index (χ2n) is 2.08. The highest BCUT2D eigenvalue weighted by atomic mass is 15.1. The summed E-state index contributed by atoms with van der Waals surface area (Å²) in [6.45, 7) is 2.83. The lowest BCUT2D eigenvalue weighted by Gasteiger charge is -1.99. The number of hydrogen-bond acceptors (Lipinski definition) is 3. The molecule has 1 aromatic rings. The van der Waals surface area contributed by atoms with Gasteiger partial charge in [0.15, 0.2) is 0 Å². The molecule has 3 heteroatoms. The number of rotatable bonds is 3. The molecule has 0 atom stereocenters. The maximum atomic E-state index is 3.73. The number of nitrogens with zero attached hydrogens (tertiary/aromatic N) is 2. The van der Waals surface area contributed by atoms with Crippen LogP contribution >= 0.6 is 0 Å². The lowest BCUT2D eigenvalue weighted by Crippen LogP contribution is -1.98. The first-order valence-corrected chi connectivity index (χ1v) is 3.55. The van der Waals surface area contributed by atoms with Gasteiger partial charge in [-0.2, -0.15) is 10.2 Å². The highest BCUT2D eigenvalue weighted by Gasteiger charge is 1.85. The van der Waals surface area contributed by atoms with Crippen molar-refractivity contribution >= 4 is 5.69 Å². The molecule has 0 unspecified atom stereocenters. The van der Waals surface area contributed by atoms with Crippen LogP contribution in [0.2, 0.25) is 0 Å². The van der Waals surface area contributed by atoms with Crippen molar-refractivity contribution in [2.45, 2.75) is 6.92 Å². The van der Waals surface area contributed by atoms with Gasteiger partial charge < -0.3 is 5.32 Å². The van der Waals surface area contributed by atoms with E-state index in [1.54, 1.807) is 12.4 Å². The summed E-state index contributed by atoms with van der Waals surface area (Å²) in [6, 6.07) is 1.89. The Bertz CT molecular complexity index is 218. The molecule has 1 aromatic heterocycles. The van der Waals surface area contributed by atoms with Gasteiger partial charge in [0.1, 0.15) is 0 Å². The highest BCUT2D eigenvalue weighted by molar-refractivity contribution is 5.39. The number of aromatic nitrogens is 2. The molecule has 0 bridgehead atoms. The van der Waals surface area contributed by atoms with Gasteiger partial charge in [-0.3, -0.25) is 0 Å². The molecule has 0 amide bonds. The number of hydrogen-bond donors (Lipinski definition) is 1. The van der Waals surface area contributed by atoms with Crippen LogP contribution in [0, 0.1) is 0 Å². The molecule has 0 aliphatic heterocycles. The molecule has 0 aliphatic carbocycles. The SMILES string of the molecule is C/C=C/CNc1ccnnc1. The van der Waals surface area contributed by atoms with Crippen molar-refractivity contribution in [2.75, 3.05) is 11.9 Å². The molecule has 11 heavy (non-hydrogen) atoms. The topological polar surface area (TPSA) is 37.8 Å². The molecule has 0 saturated carbocycles. The standard InChI is InChI=1S/C8H11N3/c1-2-3-5-9-8-4-6-10-11-7-8/h2-4,6-7H,5H2,1H3,(H,9,10)/b3-2+. The molecule has 0 spiro atoms. The van der Waals surface area contributed by atoms with Gasteiger partial charge in [-0.25, -0.2) is 0 Å². The summed E-state index contributed by atoms with van der Waals surface area (Å²) in [6.07, 6.45) is 7.41. The number of allylic oxidation sites excluding steroid dienone is 1. The zero-order chi connectivity index (χ0) is 7.94. The van der Waals surface area contributed by atoms with E-state index < -0.39 is 0 Å². The average Bonchev–Trinajstić information content (AvgIpc) is 2.07. The minimum absolute atomic E-state index is 0.836. The average molecular weight is 149 g/mol. The predicted molar refractivity (Wildman–Crippen MR) is 45.3 cm³/mol. The molecule has 1 rings (SSSR count). The first-order valence-electron chi connectivity index (χ1n) is 3.55. The van der Waals surface area contributed by atoms with Gasteiger partial charge in [0, 0.05) is 6.54 Å². The molecule has 0 radical (unpaired) electrons. The minimum Gasteiger partial charge on any atom is -0.380 e. The van der Waals surface area contributed by atoms with Gasteiger partial charge in [0.2, 0.25) is 0 Å². The molecular weight excluding hydrogens is 138 g/mol. The molecule has 3 nitrogen and oxygen atoms in total. The van der Waals surface area contributed by atoms with E-state index in [9.17, 15) is 0 Å². The molecule has 1 heterocycles. The summed E-state index contributed by atoms with van der Waals surface area (Å²) in [5.41, 5.74) is 0.998. The Kier molecular flexibility index (Phi) is 3.12. The fourth-order valence-corrected chi connectivity index (χ4v) is 0.690. The molecule has 0 saturated heterocycles. The van der Waals surface area contributed by atoms with Crippen LogP contribution in [-0.2, 0) is 0 Å². The lowest BCUT2D eigenvalue weighted by atomic mass is 10.4. The lowest BCUT2D eigenvalue weighted by molar-refractivity contribution is 1.03. The Hall–Kier alpha value is -1.38. The van der Waals surface area contributed by atoms with Gasteiger partial charge in [-0.15, -0.1) is 0 Å². The Morgan fingerprint density at radius 2 is 2.45 bits per heavy atom. The maximum Gasteiger partial charge on any atom is 0.0727 e. The highest BCUT2D eigenvalue weighted by Crippen LogP contribution is 1.99. The van der Waals surface area contributed by atoms with E-state index in [0.717, 1.165) is 12.2 Å². The van der Waals surface area contributed by atoms with Crippen LogP contribution in [0.4, 0.5) is 5.69 Å². The zero-order valence-electron chi connectivity index (χ0n) is 6.49. The molecular formula is C8H11N3. The fraction of sp³-hybridized carbons (Fsp3) is 0.250. The summed E-state index contributed by atoms with van der Waals surface area (Å²) in [7, 11) is 0. The van der Waals surface area contributed by atoms with Crippen LogP contribution in [0.5, 0.6) is 0 Å². The first kappa shape index (κ1) is 7.72. The predicted octanol–water partition coefficient (Wildman–Crippen LogP) is 1.46. The smallest absolute Gasteiger partial charge is 0.0727 e. The van der Waals surface area contributed by atoms with E-state index in [4.69, 9.17) is 0 Å². The third-order valence-electron chi connectivity index (χ3n) is 1.24. The quantitative estimate of drug-likeness (QED) is 0.661. The summed E-state index contributed by atoms with van der Waals surface area (Å²) >= 11 is 0. The van der Waals surface area contributed by atoms with E-state index in [-0.39, 0.29) is 0 Å². The number of nitrogens with one attached hydrogen (secondary N) is 1. The van der Waals surface area contributed by atoms with Crippen LogP contribution in [0.25, 0.3) is 0 Å². The van der Waals surface area contributed by atoms with Crippen LogP contribution < -0.4 is 5.32 Å². The Morgan fingerprint density at radius 3 is 3.09 bits per heavy atom. The molecule has 58 valence electrons. The third-order valence-corrected chi connectivity index (χ3v) is 1.24. The van der Waals surface area contributed by atoms with Crippen LogP contribution in [0.15, 0.2) is 30.6 Å². The second kappa shape index (κ2) is 4.44. The van der Waals surface area contributed by atoms with Crippen molar-refractivity contribution < 1.29 is 0 Å².